The molecule has 0 saturated carbocycles. The van der Waals surface area contributed by atoms with Crippen molar-refractivity contribution in [3.63, 3.8) is 0 Å². The van der Waals surface area contributed by atoms with E-state index in [0.717, 1.165) is 0 Å². The van der Waals surface area contributed by atoms with Crippen LogP contribution in [0.1, 0.15) is 18.9 Å². The molecular weight excluding hydrogens is 732 g/mol. The van der Waals surface area contributed by atoms with E-state index in [1.807, 2.05) is 12.2 Å². The van der Waals surface area contributed by atoms with Crippen LogP contribution in [0, 0.1) is 0 Å². The summed E-state index contributed by atoms with van der Waals surface area (Å²) in [5, 5.41) is 25.5. The zero-order chi connectivity index (χ0) is 34.7. The Labute approximate surface area is 288 Å². The number of rotatable bonds is 15. The summed E-state index contributed by atoms with van der Waals surface area (Å²) in [6, 6.07) is 0. The number of nitrogens with one attached hydrogen (secondary N) is 2. The number of halogens is 2. The number of ether oxygens (including phenoxy) is 2. The monoisotopic (exact) mass is 764 g/mol. The summed E-state index contributed by atoms with van der Waals surface area (Å²) in [5.74, 6) is 0.815. The zero-order valence-corrected chi connectivity index (χ0v) is 29.0. The lowest BCUT2D eigenvalue weighted by molar-refractivity contribution is -0.0427. The standard InChI is InChI=1S/C25H32F2N10O8P2S2/c26-14-18(44-46(40)48)12(6-38)42-24(14)36-10-34-16-20(30-8-32-22(16)36)28-4-2-1-3-5-29-21-17-23(33-9-31-21)37(11-35-17)25-15(27)19(45-47(41)49)13(7-39)43-25/h1-2,8-15,18-19,24-25,38-39,46-47H,3-7H2,(H,40,48)(H,41,49)(H,28,30,32)(H,29,31,33)/b2-1+/t12?,13?,14-,15-,18-,19-,24?,25?/m1/s1. The number of alkyl halides is 2. The van der Waals surface area contributed by atoms with Crippen LogP contribution in [0.3, 0.4) is 0 Å². The second-order valence-corrected chi connectivity index (χ2v) is 14.5. The van der Waals surface area contributed by atoms with Crippen molar-refractivity contribution in [1.82, 2.24) is 39.0 Å². The highest BCUT2D eigenvalue weighted by atomic mass is 32.7. The van der Waals surface area contributed by atoms with Gasteiger partial charge in [-0.2, -0.15) is 0 Å². The van der Waals surface area contributed by atoms with Gasteiger partial charge in [-0.15, -0.1) is 0 Å². The topological polar surface area (TPSA) is 223 Å². The SMILES string of the molecule is O=[PH](S)O[C@@H]1C(CO)OC(n2cnc3c(NC/C=C/CCNc4ncnc5c4ncn5C4OC(CO)[C@@H](O[PH](=O)S)[C@H]4F)ncnc32)[C@@H]1F. The highest BCUT2D eigenvalue weighted by Crippen LogP contribution is 2.42. The number of aliphatic hydroxyl groups is 2. The number of fused-ring (bicyclic) bond motifs is 2. The molecule has 0 aliphatic carbocycles. The van der Waals surface area contributed by atoms with E-state index >= 15 is 8.78 Å². The number of thiol groups is 2. The summed E-state index contributed by atoms with van der Waals surface area (Å²) < 4.78 is 77.6. The van der Waals surface area contributed by atoms with Gasteiger partial charge in [-0.3, -0.25) is 18.3 Å². The average molecular weight is 765 g/mol. The minimum atomic E-state index is -2.79. The molecule has 0 bridgehead atoms. The summed E-state index contributed by atoms with van der Waals surface area (Å²) >= 11 is 7.43. The number of aliphatic hydroxyl groups excluding tert-OH is 2. The largest absolute Gasteiger partial charge is 0.394 e. The van der Waals surface area contributed by atoms with E-state index in [9.17, 15) is 19.3 Å². The second-order valence-electron chi connectivity index (χ2n) is 10.7. The number of anilines is 2. The molecule has 0 aromatic carbocycles. The molecule has 4 aromatic heterocycles. The molecule has 0 amide bonds. The van der Waals surface area contributed by atoms with Gasteiger partial charge in [0.05, 0.1) is 25.9 Å². The molecule has 4 N–H and O–H groups in total. The minimum Gasteiger partial charge on any atom is -0.394 e. The molecule has 6 unspecified atom stereocenters. The number of hydrogen-bond acceptors (Lipinski definition) is 16. The maximum atomic E-state index is 15.2. The Bertz CT molecular complexity index is 1840. The van der Waals surface area contributed by atoms with Crippen LogP contribution in [0.25, 0.3) is 22.3 Å². The first-order chi connectivity index (χ1) is 23.7. The third-order valence-corrected chi connectivity index (χ3v) is 9.37. The van der Waals surface area contributed by atoms with Gasteiger partial charge in [0.1, 0.15) is 37.1 Å². The minimum absolute atomic E-state index is 0.283. The molecule has 10 atom stereocenters. The smallest absolute Gasteiger partial charge is 0.243 e. The zero-order valence-electron chi connectivity index (χ0n) is 25.2. The first-order valence-electron chi connectivity index (χ1n) is 14.8. The van der Waals surface area contributed by atoms with Crippen molar-refractivity contribution in [2.45, 2.75) is 55.6 Å². The van der Waals surface area contributed by atoms with Crippen LogP contribution < -0.4 is 10.6 Å². The average Bonchev–Trinajstić information content (AvgIpc) is 3.85. The van der Waals surface area contributed by atoms with Gasteiger partial charge in [-0.05, 0) is 6.42 Å². The van der Waals surface area contributed by atoms with Crippen LogP contribution in [-0.4, -0.2) is 112 Å². The number of hydrogen-bond donors (Lipinski definition) is 6. The van der Waals surface area contributed by atoms with E-state index in [2.05, 4.69) is 65.0 Å². The lowest BCUT2D eigenvalue weighted by Gasteiger charge is -2.16. The molecule has 0 spiro atoms. The van der Waals surface area contributed by atoms with E-state index in [1.54, 1.807) is 0 Å². The van der Waals surface area contributed by atoms with E-state index in [4.69, 9.17) is 18.5 Å². The van der Waals surface area contributed by atoms with Crippen molar-refractivity contribution < 1.29 is 46.6 Å². The van der Waals surface area contributed by atoms with Gasteiger partial charge in [0.15, 0.2) is 58.8 Å². The Morgan fingerprint density at radius 1 is 0.796 bits per heavy atom. The molecule has 266 valence electrons. The van der Waals surface area contributed by atoms with Gasteiger partial charge in [0, 0.05) is 13.1 Å². The van der Waals surface area contributed by atoms with Crippen LogP contribution in [0.15, 0.2) is 37.5 Å². The Morgan fingerprint density at radius 3 is 1.76 bits per heavy atom. The summed E-state index contributed by atoms with van der Waals surface area (Å²) in [4.78, 5) is 25.6. The summed E-state index contributed by atoms with van der Waals surface area (Å²) in [6.07, 6.45) is -0.955. The lowest BCUT2D eigenvalue weighted by atomic mass is 10.1. The van der Waals surface area contributed by atoms with Crippen LogP contribution in [0.4, 0.5) is 20.4 Å². The molecule has 2 saturated heterocycles. The van der Waals surface area contributed by atoms with E-state index in [-0.39, 0.29) is 11.3 Å². The maximum absolute atomic E-state index is 15.2. The van der Waals surface area contributed by atoms with Crippen molar-refractivity contribution in [2.24, 2.45) is 0 Å². The van der Waals surface area contributed by atoms with E-state index < -0.39 is 76.9 Å². The first-order valence-corrected chi connectivity index (χ1v) is 20.0. The molecule has 6 heterocycles. The van der Waals surface area contributed by atoms with Crippen LogP contribution in [0.2, 0.25) is 0 Å². The molecular formula is C25H32F2N10O8P2S2. The van der Waals surface area contributed by atoms with Crippen molar-refractivity contribution >= 4 is 72.9 Å². The molecule has 2 aliphatic heterocycles. The van der Waals surface area contributed by atoms with Crippen molar-refractivity contribution in [2.75, 3.05) is 36.9 Å². The third-order valence-electron chi connectivity index (χ3n) is 7.79. The fourth-order valence-electron chi connectivity index (χ4n) is 5.61. The van der Waals surface area contributed by atoms with Gasteiger partial charge in [-0.25, -0.2) is 38.7 Å². The van der Waals surface area contributed by atoms with Gasteiger partial charge < -0.3 is 39.4 Å². The number of aromatic nitrogens is 8. The van der Waals surface area contributed by atoms with Crippen LogP contribution in [0.5, 0.6) is 0 Å². The lowest BCUT2D eigenvalue weighted by Crippen LogP contribution is -2.31. The number of imidazole rings is 2. The molecule has 4 aromatic rings. The Kier molecular flexibility index (Phi) is 11.8. The first kappa shape index (κ1) is 36.0. The summed E-state index contributed by atoms with van der Waals surface area (Å²) in [7, 11) is -5.57. The Balaban J connectivity index is 1.03. The third kappa shape index (κ3) is 7.63. The van der Waals surface area contributed by atoms with Gasteiger partial charge in [-0.1, -0.05) is 36.6 Å². The molecule has 0 radical (unpaired) electrons. The fraction of sp³-hybridized carbons (Fsp3) is 0.520. The van der Waals surface area contributed by atoms with Gasteiger partial charge in [0.25, 0.3) is 0 Å². The second kappa shape index (κ2) is 16.1. The summed E-state index contributed by atoms with van der Waals surface area (Å²) in [6.45, 7) is -0.245. The number of nitrogens with zero attached hydrogens (tertiary/aromatic N) is 8. The molecule has 49 heavy (non-hydrogen) atoms. The molecule has 24 heteroatoms. The van der Waals surface area contributed by atoms with Gasteiger partial charge >= 0.3 is 0 Å². The predicted octanol–water partition coefficient (Wildman–Crippen LogP) is 2.30. The van der Waals surface area contributed by atoms with Crippen LogP contribution in [-0.2, 0) is 27.7 Å². The highest BCUT2D eigenvalue weighted by Gasteiger charge is 2.49. The quantitative estimate of drug-likeness (QED) is 0.0442. The fourth-order valence-corrected chi connectivity index (χ4v) is 7.37. The Morgan fingerprint density at radius 2 is 1.29 bits per heavy atom. The predicted molar refractivity (Wildman–Crippen MR) is 179 cm³/mol. The summed E-state index contributed by atoms with van der Waals surface area (Å²) in [5.41, 5.74) is 1.31. The molecule has 18 nitrogen and oxygen atoms in total. The normalized spacial score (nSPS) is 28.5. The molecule has 6 rings (SSSR count). The van der Waals surface area contributed by atoms with E-state index in [0.29, 0.717) is 42.2 Å². The van der Waals surface area contributed by atoms with Crippen LogP contribution >= 0.6 is 39.0 Å². The highest BCUT2D eigenvalue weighted by molar-refractivity contribution is 8.39. The molecule has 2 aliphatic rings. The van der Waals surface area contributed by atoms with Crippen molar-refractivity contribution in [3.05, 3.63) is 37.5 Å². The van der Waals surface area contributed by atoms with E-state index in [1.165, 1.54) is 34.4 Å². The van der Waals surface area contributed by atoms with Gasteiger partial charge in [0.2, 0.25) is 14.5 Å². The molecule has 2 fully saturated rings. The Hall–Kier alpha value is -2.78. The van der Waals surface area contributed by atoms with Crippen molar-refractivity contribution in [3.8, 4) is 0 Å². The van der Waals surface area contributed by atoms with Crippen molar-refractivity contribution in [1.29, 1.82) is 0 Å². The maximum Gasteiger partial charge on any atom is 0.243 e.